The molecular formula is C18H17NO4. The zero-order valence-corrected chi connectivity index (χ0v) is 12.9. The van der Waals surface area contributed by atoms with Gasteiger partial charge in [0.1, 0.15) is 17.2 Å². The van der Waals surface area contributed by atoms with E-state index in [2.05, 4.69) is 5.16 Å². The van der Waals surface area contributed by atoms with Gasteiger partial charge in [-0.15, -0.1) is 0 Å². The fourth-order valence-corrected chi connectivity index (χ4v) is 2.48. The summed E-state index contributed by atoms with van der Waals surface area (Å²) in [4.78, 5) is 0. The summed E-state index contributed by atoms with van der Waals surface area (Å²) in [7, 11) is 3.17. The van der Waals surface area contributed by atoms with E-state index in [-0.39, 0.29) is 6.61 Å². The highest BCUT2D eigenvalue weighted by molar-refractivity contribution is 5.76. The fourth-order valence-electron chi connectivity index (χ4n) is 2.48. The number of methoxy groups -OCH3 is 2. The van der Waals surface area contributed by atoms with Gasteiger partial charge in [-0.1, -0.05) is 35.5 Å². The number of aromatic nitrogens is 1. The second-order valence-corrected chi connectivity index (χ2v) is 4.93. The molecule has 0 aliphatic rings. The molecule has 0 bridgehead atoms. The third-order valence-corrected chi connectivity index (χ3v) is 3.65. The van der Waals surface area contributed by atoms with Crippen LogP contribution in [0.2, 0.25) is 0 Å². The Morgan fingerprint density at radius 3 is 2.48 bits per heavy atom. The Bertz CT molecular complexity index is 796. The van der Waals surface area contributed by atoms with Crippen LogP contribution in [0.15, 0.2) is 53.1 Å². The number of benzene rings is 2. The summed E-state index contributed by atoms with van der Waals surface area (Å²) in [6.45, 7) is -0.182. The van der Waals surface area contributed by atoms with Crippen LogP contribution < -0.4 is 9.47 Å². The summed E-state index contributed by atoms with van der Waals surface area (Å²) in [5.41, 5.74) is 2.79. The molecule has 0 radical (unpaired) electrons. The van der Waals surface area contributed by atoms with Crippen molar-refractivity contribution in [1.82, 2.24) is 5.16 Å². The predicted molar refractivity (Wildman–Crippen MR) is 86.4 cm³/mol. The highest BCUT2D eigenvalue weighted by atomic mass is 16.5. The fraction of sp³-hybridized carbons (Fsp3) is 0.167. The maximum absolute atomic E-state index is 9.81. The summed E-state index contributed by atoms with van der Waals surface area (Å²) in [5, 5.41) is 14.0. The van der Waals surface area contributed by atoms with Crippen LogP contribution in [0.25, 0.3) is 22.6 Å². The van der Waals surface area contributed by atoms with Gasteiger partial charge in [-0.2, -0.15) is 0 Å². The lowest BCUT2D eigenvalue weighted by Crippen LogP contribution is -1.94. The summed E-state index contributed by atoms with van der Waals surface area (Å²) < 4.78 is 16.1. The second kappa shape index (κ2) is 6.54. The van der Waals surface area contributed by atoms with Gasteiger partial charge in [0.25, 0.3) is 0 Å². The molecule has 0 fully saturated rings. The number of ether oxygens (including phenoxy) is 2. The molecule has 5 heteroatoms. The second-order valence-electron chi connectivity index (χ2n) is 4.93. The molecule has 5 nitrogen and oxygen atoms in total. The van der Waals surface area contributed by atoms with Crippen LogP contribution in [0.3, 0.4) is 0 Å². The van der Waals surface area contributed by atoms with Crippen LogP contribution in [-0.2, 0) is 6.61 Å². The van der Waals surface area contributed by atoms with E-state index in [1.807, 2.05) is 42.5 Å². The lowest BCUT2D eigenvalue weighted by Gasteiger charge is -2.09. The third kappa shape index (κ3) is 2.78. The van der Waals surface area contributed by atoms with Crippen molar-refractivity contribution in [3.05, 3.63) is 54.1 Å². The van der Waals surface area contributed by atoms with E-state index in [1.165, 1.54) is 0 Å². The number of hydrogen-bond donors (Lipinski definition) is 1. The molecule has 0 amide bonds. The molecule has 0 saturated carbocycles. The first-order valence-electron chi connectivity index (χ1n) is 7.15. The smallest absolute Gasteiger partial charge is 0.173 e. The third-order valence-electron chi connectivity index (χ3n) is 3.65. The summed E-state index contributed by atoms with van der Waals surface area (Å²) in [5.74, 6) is 1.84. The number of rotatable bonds is 5. The molecule has 3 rings (SSSR count). The van der Waals surface area contributed by atoms with Gasteiger partial charge in [-0.05, 0) is 12.1 Å². The first-order chi connectivity index (χ1) is 11.3. The normalized spacial score (nSPS) is 10.6. The number of hydrogen-bond acceptors (Lipinski definition) is 5. The van der Waals surface area contributed by atoms with Crippen LogP contribution in [0.1, 0.15) is 5.56 Å². The van der Waals surface area contributed by atoms with E-state index < -0.39 is 0 Å². The maximum atomic E-state index is 9.81. The minimum atomic E-state index is -0.182. The topological polar surface area (TPSA) is 64.7 Å². The quantitative estimate of drug-likeness (QED) is 0.781. The summed E-state index contributed by atoms with van der Waals surface area (Å²) >= 11 is 0. The zero-order valence-electron chi connectivity index (χ0n) is 12.9. The van der Waals surface area contributed by atoms with Gasteiger partial charge in [0.05, 0.1) is 26.4 Å². The average molecular weight is 311 g/mol. The van der Waals surface area contributed by atoms with Gasteiger partial charge in [0.2, 0.25) is 0 Å². The lowest BCUT2D eigenvalue weighted by atomic mass is 10.0. The molecule has 0 aliphatic carbocycles. The van der Waals surface area contributed by atoms with Crippen LogP contribution in [0.4, 0.5) is 0 Å². The molecule has 118 valence electrons. The molecule has 1 N–H and O–H groups in total. The van der Waals surface area contributed by atoms with Gasteiger partial charge in [-0.3, -0.25) is 0 Å². The number of aliphatic hydroxyl groups excluding tert-OH is 1. The molecule has 0 unspecified atom stereocenters. The van der Waals surface area contributed by atoms with E-state index in [4.69, 9.17) is 14.0 Å². The van der Waals surface area contributed by atoms with Crippen molar-refractivity contribution in [2.75, 3.05) is 14.2 Å². The largest absolute Gasteiger partial charge is 0.497 e. The molecule has 2 aromatic carbocycles. The van der Waals surface area contributed by atoms with E-state index >= 15 is 0 Å². The van der Waals surface area contributed by atoms with E-state index in [9.17, 15) is 5.11 Å². The highest BCUT2D eigenvalue weighted by Crippen LogP contribution is 2.38. The van der Waals surface area contributed by atoms with Crippen LogP contribution in [0, 0.1) is 0 Å². The molecular weight excluding hydrogens is 294 g/mol. The van der Waals surface area contributed by atoms with Crippen molar-refractivity contribution in [3.63, 3.8) is 0 Å². The summed E-state index contributed by atoms with van der Waals surface area (Å²) in [6, 6.07) is 15.0. The monoisotopic (exact) mass is 311 g/mol. The van der Waals surface area contributed by atoms with Crippen molar-refractivity contribution in [3.8, 4) is 34.1 Å². The molecule has 0 atom stereocenters. The Balaban J connectivity index is 2.13. The molecule has 0 saturated heterocycles. The molecule has 0 spiro atoms. The van der Waals surface area contributed by atoms with Gasteiger partial charge in [0.15, 0.2) is 5.76 Å². The van der Waals surface area contributed by atoms with Crippen molar-refractivity contribution >= 4 is 0 Å². The van der Waals surface area contributed by atoms with Crippen LogP contribution in [0.5, 0.6) is 11.5 Å². The molecule has 0 aliphatic heterocycles. The Morgan fingerprint density at radius 1 is 1.04 bits per heavy atom. The first-order valence-corrected chi connectivity index (χ1v) is 7.15. The molecule has 1 heterocycles. The molecule has 3 aromatic rings. The first kappa shape index (κ1) is 15.1. The van der Waals surface area contributed by atoms with Crippen molar-refractivity contribution < 1.29 is 19.1 Å². The number of nitrogens with zero attached hydrogens (tertiary/aromatic N) is 1. The van der Waals surface area contributed by atoms with Gasteiger partial charge in [-0.25, -0.2) is 0 Å². The summed E-state index contributed by atoms with van der Waals surface area (Å²) in [6.07, 6.45) is 0. The Labute approximate surface area is 134 Å². The van der Waals surface area contributed by atoms with E-state index in [0.717, 1.165) is 11.1 Å². The number of aliphatic hydroxyl groups is 1. The Kier molecular flexibility index (Phi) is 4.30. The van der Waals surface area contributed by atoms with Crippen LogP contribution in [-0.4, -0.2) is 24.5 Å². The SMILES string of the molecule is COc1ccc(-c2noc(-c3ccccc3)c2CO)c(OC)c1. The Morgan fingerprint density at radius 2 is 1.83 bits per heavy atom. The molecule has 1 aromatic heterocycles. The van der Waals surface area contributed by atoms with Gasteiger partial charge >= 0.3 is 0 Å². The minimum Gasteiger partial charge on any atom is -0.497 e. The standard InChI is InChI=1S/C18H17NO4/c1-21-13-8-9-14(16(10-13)22-2)17-15(11-20)18(23-19-17)12-6-4-3-5-7-12/h3-10,20H,11H2,1-2H3. The molecule has 23 heavy (non-hydrogen) atoms. The van der Waals surface area contributed by atoms with Gasteiger partial charge < -0.3 is 19.1 Å². The van der Waals surface area contributed by atoms with Crippen LogP contribution >= 0.6 is 0 Å². The van der Waals surface area contributed by atoms with Crippen molar-refractivity contribution in [2.24, 2.45) is 0 Å². The highest BCUT2D eigenvalue weighted by Gasteiger charge is 2.21. The van der Waals surface area contributed by atoms with Crippen molar-refractivity contribution in [1.29, 1.82) is 0 Å². The minimum absolute atomic E-state index is 0.182. The zero-order chi connectivity index (χ0) is 16.2. The predicted octanol–water partition coefficient (Wildman–Crippen LogP) is 3.52. The van der Waals surface area contributed by atoms with Gasteiger partial charge in [0, 0.05) is 17.2 Å². The average Bonchev–Trinajstić information content (AvgIpc) is 3.05. The van der Waals surface area contributed by atoms with E-state index in [1.54, 1.807) is 20.3 Å². The van der Waals surface area contributed by atoms with Crippen molar-refractivity contribution in [2.45, 2.75) is 6.61 Å². The maximum Gasteiger partial charge on any atom is 0.173 e. The Hall–Kier alpha value is -2.79. The lowest BCUT2D eigenvalue weighted by molar-refractivity contribution is 0.281. The van der Waals surface area contributed by atoms with E-state index in [0.29, 0.717) is 28.5 Å².